The van der Waals surface area contributed by atoms with Crippen LogP contribution in [0.25, 0.3) is 0 Å². The Morgan fingerprint density at radius 3 is 2.15 bits per heavy atom. The lowest BCUT2D eigenvalue weighted by Crippen LogP contribution is -2.45. The monoisotopic (exact) mass is 459 g/mol. The van der Waals surface area contributed by atoms with E-state index in [0.717, 1.165) is 49.9 Å². The van der Waals surface area contributed by atoms with Crippen LogP contribution in [0.15, 0.2) is 48.8 Å². The molecule has 0 radical (unpaired) electrons. The second kappa shape index (κ2) is 9.93. The zero-order chi connectivity index (χ0) is 23.4. The molecule has 0 spiro atoms. The summed E-state index contributed by atoms with van der Waals surface area (Å²) in [7, 11) is 0. The van der Waals surface area contributed by atoms with Crippen LogP contribution in [0.1, 0.15) is 66.1 Å². The highest BCUT2D eigenvalue weighted by molar-refractivity contribution is 5.94. The summed E-state index contributed by atoms with van der Waals surface area (Å²) >= 11 is 0. The molecule has 33 heavy (non-hydrogen) atoms. The maximum atomic E-state index is 13.5. The second-order valence-electron chi connectivity index (χ2n) is 8.82. The Morgan fingerprint density at radius 1 is 0.848 bits per heavy atom. The van der Waals surface area contributed by atoms with E-state index in [1.807, 2.05) is 17.0 Å². The molecule has 2 amide bonds. The molecule has 2 aliphatic rings. The van der Waals surface area contributed by atoms with Gasteiger partial charge in [-0.05, 0) is 67.6 Å². The van der Waals surface area contributed by atoms with Crippen molar-refractivity contribution in [2.75, 3.05) is 19.6 Å². The first-order chi connectivity index (χ1) is 15.8. The lowest BCUT2D eigenvalue weighted by molar-refractivity contribution is -0.139. The summed E-state index contributed by atoms with van der Waals surface area (Å²) in [4.78, 5) is 34.0. The van der Waals surface area contributed by atoms with Gasteiger partial charge in [0.25, 0.3) is 5.91 Å². The first kappa shape index (κ1) is 23.3. The van der Waals surface area contributed by atoms with Crippen LogP contribution in [0.3, 0.4) is 0 Å². The summed E-state index contributed by atoms with van der Waals surface area (Å²) in [5.74, 6) is -0.302. The van der Waals surface area contributed by atoms with Gasteiger partial charge in [-0.15, -0.1) is 0 Å². The van der Waals surface area contributed by atoms with E-state index >= 15 is 0 Å². The number of hydrogen-bond acceptors (Lipinski definition) is 3. The minimum absolute atomic E-state index is 0.0507. The molecule has 0 aliphatic carbocycles. The molecule has 8 heteroatoms. The third-order valence-electron chi connectivity index (χ3n) is 6.72. The normalized spacial score (nSPS) is 20.4. The van der Waals surface area contributed by atoms with E-state index in [1.54, 1.807) is 17.3 Å². The number of carbonyl (C=O) groups excluding carboxylic acids is 2. The summed E-state index contributed by atoms with van der Waals surface area (Å²) in [5.41, 5.74) is 0.567. The molecule has 176 valence electrons. The fourth-order valence-corrected chi connectivity index (χ4v) is 4.85. The van der Waals surface area contributed by atoms with Gasteiger partial charge >= 0.3 is 6.18 Å². The van der Waals surface area contributed by atoms with Gasteiger partial charge in [0, 0.05) is 43.5 Å². The van der Waals surface area contributed by atoms with Gasteiger partial charge in [0.15, 0.2) is 0 Å². The number of hydrogen-bond donors (Lipinski definition) is 0. The molecule has 1 aromatic carbocycles. The molecular weight excluding hydrogens is 431 g/mol. The highest BCUT2D eigenvalue weighted by atomic mass is 19.4. The molecule has 0 N–H and O–H groups in total. The minimum Gasteiger partial charge on any atom is -0.339 e. The Hall–Kier alpha value is -2.90. The number of carbonyl (C=O) groups is 2. The molecule has 0 saturated carbocycles. The fraction of sp³-hybridized carbons (Fsp3) is 0.480. The van der Waals surface area contributed by atoms with E-state index in [-0.39, 0.29) is 29.3 Å². The van der Waals surface area contributed by atoms with Gasteiger partial charge in [0.1, 0.15) is 0 Å². The quantitative estimate of drug-likeness (QED) is 0.642. The third kappa shape index (κ3) is 5.37. The second-order valence-corrected chi connectivity index (χ2v) is 8.82. The molecule has 3 heterocycles. The summed E-state index contributed by atoms with van der Waals surface area (Å²) in [6.07, 6.45) is 4.31. The van der Waals surface area contributed by atoms with Crippen molar-refractivity contribution >= 4 is 11.8 Å². The van der Waals surface area contributed by atoms with Crippen molar-refractivity contribution in [3.05, 3.63) is 65.5 Å². The van der Waals surface area contributed by atoms with Crippen LogP contribution in [0.2, 0.25) is 0 Å². The highest BCUT2D eigenvalue weighted by Crippen LogP contribution is 2.33. The number of amides is 2. The maximum Gasteiger partial charge on any atom is 0.416 e. The van der Waals surface area contributed by atoms with Gasteiger partial charge in [-0.2, -0.15) is 13.2 Å². The molecule has 2 saturated heterocycles. The van der Waals surface area contributed by atoms with E-state index in [1.165, 1.54) is 12.1 Å². The Balaban J connectivity index is 1.39. The Labute approximate surface area is 191 Å². The summed E-state index contributed by atoms with van der Waals surface area (Å²) in [5, 5.41) is 0. The molecule has 4 rings (SSSR count). The number of aromatic nitrogens is 1. The molecule has 2 fully saturated rings. The van der Waals surface area contributed by atoms with Crippen molar-refractivity contribution in [3.8, 4) is 0 Å². The summed E-state index contributed by atoms with van der Waals surface area (Å²) in [6.45, 7) is 1.57. The van der Waals surface area contributed by atoms with Gasteiger partial charge in [-0.3, -0.25) is 14.6 Å². The third-order valence-corrected chi connectivity index (χ3v) is 6.72. The lowest BCUT2D eigenvalue weighted by Gasteiger charge is -2.37. The highest BCUT2D eigenvalue weighted by Gasteiger charge is 2.35. The predicted molar refractivity (Wildman–Crippen MR) is 117 cm³/mol. The standard InChI is InChI=1S/C25H28F3N3O2/c26-25(27,28)21-7-5-19(6-8-21)23(32)30-16-11-20(12-17-30)24(33)31-15-3-1-2-4-22(31)18-9-13-29-14-10-18/h5-10,13-14,20,22H,1-4,11-12,15-17H2. The molecule has 2 aliphatic heterocycles. The number of rotatable bonds is 3. The van der Waals surface area contributed by atoms with E-state index in [9.17, 15) is 22.8 Å². The van der Waals surface area contributed by atoms with E-state index in [2.05, 4.69) is 4.98 Å². The molecule has 2 aromatic rings. The van der Waals surface area contributed by atoms with Crippen LogP contribution >= 0.6 is 0 Å². The Bertz CT molecular complexity index is 955. The fourth-order valence-electron chi connectivity index (χ4n) is 4.85. The SMILES string of the molecule is O=C(c1ccc(C(F)(F)F)cc1)N1CCC(C(=O)N2CCCCCC2c2ccncc2)CC1. The average Bonchev–Trinajstić information content (AvgIpc) is 3.09. The number of nitrogens with zero attached hydrogens (tertiary/aromatic N) is 3. The zero-order valence-electron chi connectivity index (χ0n) is 18.4. The van der Waals surface area contributed by atoms with Crippen molar-refractivity contribution in [2.24, 2.45) is 5.92 Å². The van der Waals surface area contributed by atoms with Gasteiger partial charge < -0.3 is 9.80 Å². The van der Waals surface area contributed by atoms with Gasteiger partial charge in [0.05, 0.1) is 11.6 Å². The molecule has 5 nitrogen and oxygen atoms in total. The predicted octanol–water partition coefficient (Wildman–Crippen LogP) is 5.10. The Morgan fingerprint density at radius 2 is 1.52 bits per heavy atom. The number of likely N-dealkylation sites (tertiary alicyclic amines) is 2. The van der Waals surface area contributed by atoms with Crippen molar-refractivity contribution in [1.29, 1.82) is 0 Å². The van der Waals surface area contributed by atoms with E-state index in [0.29, 0.717) is 25.9 Å². The van der Waals surface area contributed by atoms with Crippen molar-refractivity contribution in [1.82, 2.24) is 14.8 Å². The maximum absolute atomic E-state index is 13.5. The van der Waals surface area contributed by atoms with Crippen LogP contribution in [-0.2, 0) is 11.0 Å². The molecule has 1 unspecified atom stereocenters. The van der Waals surface area contributed by atoms with Crippen LogP contribution in [0.4, 0.5) is 13.2 Å². The molecule has 1 atom stereocenters. The van der Waals surface area contributed by atoms with Crippen LogP contribution in [-0.4, -0.2) is 46.2 Å². The molecule has 0 bridgehead atoms. The average molecular weight is 460 g/mol. The number of halogens is 3. The number of pyridine rings is 1. The van der Waals surface area contributed by atoms with Gasteiger partial charge in [-0.1, -0.05) is 12.8 Å². The smallest absolute Gasteiger partial charge is 0.339 e. The first-order valence-electron chi connectivity index (χ1n) is 11.5. The van der Waals surface area contributed by atoms with Crippen LogP contribution in [0.5, 0.6) is 0 Å². The topological polar surface area (TPSA) is 53.5 Å². The van der Waals surface area contributed by atoms with Crippen LogP contribution in [0, 0.1) is 5.92 Å². The Kier molecular flexibility index (Phi) is 7.00. The molecular formula is C25H28F3N3O2. The van der Waals surface area contributed by atoms with E-state index < -0.39 is 11.7 Å². The van der Waals surface area contributed by atoms with Crippen LogP contribution < -0.4 is 0 Å². The molecule has 1 aromatic heterocycles. The van der Waals surface area contributed by atoms with Crippen molar-refractivity contribution in [3.63, 3.8) is 0 Å². The van der Waals surface area contributed by atoms with E-state index in [4.69, 9.17) is 0 Å². The van der Waals surface area contributed by atoms with Crippen molar-refractivity contribution in [2.45, 2.75) is 50.7 Å². The van der Waals surface area contributed by atoms with Crippen molar-refractivity contribution < 1.29 is 22.8 Å². The zero-order valence-corrected chi connectivity index (χ0v) is 18.4. The van der Waals surface area contributed by atoms with Gasteiger partial charge in [0.2, 0.25) is 5.91 Å². The first-order valence-corrected chi connectivity index (χ1v) is 11.5. The number of benzene rings is 1. The summed E-state index contributed by atoms with van der Waals surface area (Å²) < 4.78 is 38.3. The number of alkyl halides is 3. The minimum atomic E-state index is -4.43. The van der Waals surface area contributed by atoms with Gasteiger partial charge in [-0.25, -0.2) is 0 Å². The summed E-state index contributed by atoms with van der Waals surface area (Å²) in [6, 6.07) is 8.31. The number of piperidine rings is 1. The lowest BCUT2D eigenvalue weighted by atomic mass is 9.93. The largest absolute Gasteiger partial charge is 0.416 e.